The van der Waals surface area contributed by atoms with Gasteiger partial charge in [-0.25, -0.2) is 8.42 Å². The van der Waals surface area contributed by atoms with E-state index >= 15 is 0 Å². The summed E-state index contributed by atoms with van der Waals surface area (Å²) in [6.45, 7) is 1.81. The Morgan fingerprint density at radius 3 is 2.14 bits per heavy atom. The standard InChI is InChI=1S/C31H35ClF3N3O3S/c32-26-17-24(12-13-25(26)31(33,34)35)42(40,41)23-10-8-21(9-11-23)18-37-29(39)27-16-22-19-36-20-30(28(22)38-27)14-6-4-2-1-3-5-7-15-30/h8-13,16-17,36,38H,1-7,14-15,18-20H2,(H,37,39). The summed E-state index contributed by atoms with van der Waals surface area (Å²) >= 11 is 5.73. The Morgan fingerprint density at radius 1 is 0.905 bits per heavy atom. The molecule has 11 heteroatoms. The minimum Gasteiger partial charge on any atom is -0.354 e. The van der Waals surface area contributed by atoms with Gasteiger partial charge in [0.2, 0.25) is 9.84 Å². The summed E-state index contributed by atoms with van der Waals surface area (Å²) in [7, 11) is -4.09. The Morgan fingerprint density at radius 2 is 1.52 bits per heavy atom. The molecule has 1 spiro atoms. The Kier molecular flexibility index (Phi) is 9.06. The van der Waals surface area contributed by atoms with Crippen molar-refractivity contribution in [3.63, 3.8) is 0 Å². The van der Waals surface area contributed by atoms with E-state index in [0.29, 0.717) is 17.3 Å². The smallest absolute Gasteiger partial charge is 0.354 e. The van der Waals surface area contributed by atoms with Crippen LogP contribution in [0, 0.1) is 0 Å². The van der Waals surface area contributed by atoms with Crippen molar-refractivity contribution >= 4 is 27.3 Å². The van der Waals surface area contributed by atoms with Gasteiger partial charge in [0.05, 0.1) is 20.4 Å². The maximum atomic E-state index is 13.1. The van der Waals surface area contributed by atoms with Gasteiger partial charge in [-0.15, -0.1) is 0 Å². The Labute approximate surface area is 249 Å². The number of amides is 1. The molecule has 0 bridgehead atoms. The molecule has 3 N–H and O–H groups in total. The van der Waals surface area contributed by atoms with Gasteiger partial charge in [0.1, 0.15) is 5.69 Å². The zero-order chi connectivity index (χ0) is 30.0. The third-order valence-corrected chi connectivity index (χ3v) is 10.6. The molecule has 5 rings (SSSR count). The Bertz CT molecular complexity index is 1520. The fourth-order valence-corrected chi connectivity index (χ4v) is 7.85. The van der Waals surface area contributed by atoms with Gasteiger partial charge in [-0.1, -0.05) is 68.7 Å². The molecule has 0 atom stereocenters. The first kappa shape index (κ1) is 30.6. The fourth-order valence-electron chi connectivity index (χ4n) is 6.21. The van der Waals surface area contributed by atoms with E-state index in [0.717, 1.165) is 43.6 Å². The van der Waals surface area contributed by atoms with Crippen LogP contribution in [0.25, 0.3) is 0 Å². The SMILES string of the molecule is O=C(NCc1ccc(S(=O)(=O)c2ccc(C(F)(F)F)c(Cl)c2)cc1)c1cc2c([nH]1)C1(CCCCCCCCC1)CNC2. The number of hydrogen-bond acceptors (Lipinski definition) is 4. The maximum absolute atomic E-state index is 13.1. The van der Waals surface area contributed by atoms with Crippen LogP contribution < -0.4 is 10.6 Å². The highest BCUT2D eigenvalue weighted by atomic mass is 35.5. The number of H-pyrrole nitrogens is 1. The second kappa shape index (κ2) is 12.4. The molecule has 0 saturated heterocycles. The minimum atomic E-state index is -4.68. The highest BCUT2D eigenvalue weighted by Gasteiger charge is 2.38. The summed E-state index contributed by atoms with van der Waals surface area (Å²) in [4.78, 5) is 16.2. The molecule has 1 amide bonds. The lowest BCUT2D eigenvalue weighted by Gasteiger charge is -2.38. The van der Waals surface area contributed by atoms with Crippen LogP contribution in [-0.4, -0.2) is 25.9 Å². The van der Waals surface area contributed by atoms with Crippen LogP contribution in [0.15, 0.2) is 58.3 Å². The number of rotatable bonds is 5. The summed E-state index contributed by atoms with van der Waals surface area (Å²) in [5.41, 5.74) is 2.43. The second-order valence-electron chi connectivity index (χ2n) is 11.4. The van der Waals surface area contributed by atoms with Gasteiger partial charge in [-0.3, -0.25) is 4.79 Å². The number of carbonyl (C=O) groups excluding carboxylic acids is 1. The van der Waals surface area contributed by atoms with Crippen molar-refractivity contribution in [3.8, 4) is 0 Å². The van der Waals surface area contributed by atoms with E-state index in [1.54, 1.807) is 12.1 Å². The third-order valence-electron chi connectivity index (χ3n) is 8.51. The molecule has 226 valence electrons. The van der Waals surface area contributed by atoms with Crippen molar-refractivity contribution < 1.29 is 26.4 Å². The van der Waals surface area contributed by atoms with Crippen molar-refractivity contribution in [1.29, 1.82) is 0 Å². The van der Waals surface area contributed by atoms with E-state index in [1.807, 2.05) is 6.07 Å². The lowest BCUT2D eigenvalue weighted by atomic mass is 9.72. The summed E-state index contributed by atoms with van der Waals surface area (Å²) in [5, 5.41) is 5.81. The maximum Gasteiger partial charge on any atom is 0.417 e. The molecule has 1 fully saturated rings. The molecular formula is C31H35ClF3N3O3S. The van der Waals surface area contributed by atoms with Crippen LogP contribution in [-0.2, 0) is 34.5 Å². The molecule has 0 unspecified atom stereocenters. The molecule has 3 aromatic rings. The monoisotopic (exact) mass is 621 g/mol. The lowest BCUT2D eigenvalue weighted by Crippen LogP contribution is -2.43. The number of aromatic amines is 1. The summed E-state index contributed by atoms with van der Waals surface area (Å²) in [5.74, 6) is -0.240. The highest BCUT2D eigenvalue weighted by Crippen LogP contribution is 2.40. The molecule has 1 aromatic heterocycles. The van der Waals surface area contributed by atoms with Crippen molar-refractivity contribution in [2.24, 2.45) is 0 Å². The number of halogens is 4. The largest absolute Gasteiger partial charge is 0.417 e. The number of sulfone groups is 1. The molecular weight excluding hydrogens is 587 g/mol. The fraction of sp³-hybridized carbons (Fsp3) is 0.452. The van der Waals surface area contributed by atoms with Crippen LogP contribution in [0.2, 0.25) is 5.02 Å². The van der Waals surface area contributed by atoms with E-state index in [-0.39, 0.29) is 27.7 Å². The third kappa shape index (κ3) is 6.55. The van der Waals surface area contributed by atoms with Crippen molar-refractivity contribution in [3.05, 3.63) is 81.6 Å². The van der Waals surface area contributed by atoms with Gasteiger partial charge < -0.3 is 15.6 Å². The molecule has 2 aliphatic rings. The second-order valence-corrected chi connectivity index (χ2v) is 13.8. The Hall–Kier alpha value is -2.82. The van der Waals surface area contributed by atoms with Gasteiger partial charge in [0.25, 0.3) is 5.91 Å². The number of benzene rings is 2. The quantitative estimate of drug-likeness (QED) is 0.279. The zero-order valence-electron chi connectivity index (χ0n) is 23.2. The van der Waals surface area contributed by atoms with E-state index in [1.165, 1.54) is 62.8 Å². The molecule has 2 heterocycles. The van der Waals surface area contributed by atoms with E-state index in [4.69, 9.17) is 11.6 Å². The van der Waals surface area contributed by atoms with Crippen molar-refractivity contribution in [2.45, 2.75) is 92.3 Å². The molecule has 1 aliphatic carbocycles. The normalized spacial score (nSPS) is 17.9. The Balaban J connectivity index is 1.26. The topological polar surface area (TPSA) is 91.1 Å². The van der Waals surface area contributed by atoms with Gasteiger partial charge in [-0.05, 0) is 60.4 Å². The number of hydrogen-bond donors (Lipinski definition) is 3. The van der Waals surface area contributed by atoms with E-state index < -0.39 is 26.6 Å². The van der Waals surface area contributed by atoms with Gasteiger partial charge in [0.15, 0.2) is 0 Å². The number of nitrogens with one attached hydrogen (secondary N) is 3. The van der Waals surface area contributed by atoms with Crippen LogP contribution in [0.1, 0.15) is 90.7 Å². The van der Waals surface area contributed by atoms with Crippen molar-refractivity contribution in [1.82, 2.24) is 15.6 Å². The molecule has 2 aromatic carbocycles. The van der Waals surface area contributed by atoms with Crippen LogP contribution >= 0.6 is 11.6 Å². The molecule has 42 heavy (non-hydrogen) atoms. The van der Waals surface area contributed by atoms with Crippen LogP contribution in [0.5, 0.6) is 0 Å². The van der Waals surface area contributed by atoms with Gasteiger partial charge in [0, 0.05) is 30.7 Å². The predicted octanol–water partition coefficient (Wildman–Crippen LogP) is 7.32. The van der Waals surface area contributed by atoms with Crippen LogP contribution in [0.3, 0.4) is 0 Å². The molecule has 0 radical (unpaired) electrons. The van der Waals surface area contributed by atoms with Crippen LogP contribution in [0.4, 0.5) is 13.2 Å². The highest BCUT2D eigenvalue weighted by molar-refractivity contribution is 7.91. The summed E-state index contributed by atoms with van der Waals surface area (Å²) in [6, 6.07) is 10.2. The summed E-state index contributed by atoms with van der Waals surface area (Å²) < 4.78 is 65.0. The molecule has 6 nitrogen and oxygen atoms in total. The van der Waals surface area contributed by atoms with Gasteiger partial charge in [-0.2, -0.15) is 13.2 Å². The first-order chi connectivity index (χ1) is 20.0. The zero-order valence-corrected chi connectivity index (χ0v) is 24.8. The number of fused-ring (bicyclic) bond motifs is 2. The lowest BCUT2D eigenvalue weighted by molar-refractivity contribution is -0.137. The molecule has 1 saturated carbocycles. The number of alkyl halides is 3. The average Bonchev–Trinajstić information content (AvgIpc) is 3.41. The average molecular weight is 622 g/mol. The first-order valence-corrected chi connectivity index (χ1v) is 16.3. The van der Waals surface area contributed by atoms with E-state index in [2.05, 4.69) is 15.6 Å². The number of carbonyl (C=O) groups is 1. The van der Waals surface area contributed by atoms with Crippen molar-refractivity contribution in [2.75, 3.05) is 6.54 Å². The summed E-state index contributed by atoms with van der Waals surface area (Å²) in [6.07, 6.45) is 6.24. The first-order valence-electron chi connectivity index (χ1n) is 14.4. The van der Waals surface area contributed by atoms with E-state index in [9.17, 15) is 26.4 Å². The number of aromatic nitrogens is 1. The van der Waals surface area contributed by atoms with Gasteiger partial charge >= 0.3 is 6.18 Å². The predicted molar refractivity (Wildman–Crippen MR) is 155 cm³/mol. The minimum absolute atomic E-state index is 0.0159. The molecule has 1 aliphatic heterocycles.